The summed E-state index contributed by atoms with van der Waals surface area (Å²) < 4.78 is 5.35. The molecule has 1 aliphatic heterocycles. The maximum Gasteiger partial charge on any atom is 0.226 e. The van der Waals surface area contributed by atoms with Crippen molar-refractivity contribution in [3.63, 3.8) is 0 Å². The summed E-state index contributed by atoms with van der Waals surface area (Å²) in [4.78, 5) is 20.9. The molecule has 4 rings (SSSR count). The fraction of sp³-hybridized carbons (Fsp3) is 0.417. The largest absolute Gasteiger partial charge is 0.497 e. The van der Waals surface area contributed by atoms with Crippen molar-refractivity contribution in [1.29, 1.82) is 0 Å². The van der Waals surface area contributed by atoms with Gasteiger partial charge in [0, 0.05) is 18.9 Å². The van der Waals surface area contributed by atoms with E-state index in [0.29, 0.717) is 13.1 Å². The van der Waals surface area contributed by atoms with Crippen LogP contribution in [0.15, 0.2) is 59.8 Å². The van der Waals surface area contributed by atoms with Gasteiger partial charge in [0.2, 0.25) is 5.91 Å². The molecule has 0 spiro atoms. The van der Waals surface area contributed by atoms with E-state index in [1.54, 1.807) is 7.11 Å². The molecule has 2 aromatic rings. The first kappa shape index (κ1) is 19.5. The van der Waals surface area contributed by atoms with E-state index in [0.717, 1.165) is 54.7 Å². The Balaban J connectivity index is 1.46. The highest BCUT2D eigenvalue weighted by Gasteiger charge is 2.31. The van der Waals surface area contributed by atoms with E-state index in [9.17, 15) is 4.79 Å². The average molecular weight is 392 g/mol. The lowest BCUT2D eigenvalue weighted by Crippen LogP contribution is -2.40. The number of carbonyl (C=O) groups is 1. The number of oxime groups is 1. The normalized spacial score (nSPS) is 18.9. The molecule has 0 radical (unpaired) electrons. The molecule has 0 saturated heterocycles. The molecule has 1 aliphatic carbocycles. The zero-order valence-corrected chi connectivity index (χ0v) is 16.9. The summed E-state index contributed by atoms with van der Waals surface area (Å²) in [6, 6.07) is 18.0. The van der Waals surface area contributed by atoms with Crippen molar-refractivity contribution in [3.05, 3.63) is 65.7 Å². The van der Waals surface area contributed by atoms with Gasteiger partial charge < -0.3 is 14.5 Å². The molecule has 1 heterocycles. The molecule has 2 aliphatic rings. The highest BCUT2D eigenvalue weighted by atomic mass is 16.6. The predicted octanol–water partition coefficient (Wildman–Crippen LogP) is 4.41. The third-order valence-corrected chi connectivity index (χ3v) is 5.79. The van der Waals surface area contributed by atoms with Crippen molar-refractivity contribution < 1.29 is 14.4 Å². The predicted molar refractivity (Wildman–Crippen MR) is 113 cm³/mol. The average Bonchev–Trinajstić information content (AvgIpc) is 3.46. The molecule has 1 fully saturated rings. The second kappa shape index (κ2) is 9.12. The van der Waals surface area contributed by atoms with Gasteiger partial charge in [-0.2, -0.15) is 0 Å². The van der Waals surface area contributed by atoms with E-state index >= 15 is 0 Å². The Morgan fingerprint density at radius 3 is 2.69 bits per heavy atom. The molecule has 0 aromatic heterocycles. The number of methoxy groups -OCH3 is 1. The fourth-order valence-electron chi connectivity index (χ4n) is 4.23. The molecule has 1 atom stereocenters. The van der Waals surface area contributed by atoms with Crippen LogP contribution in [0.5, 0.6) is 5.75 Å². The van der Waals surface area contributed by atoms with Crippen molar-refractivity contribution in [2.45, 2.75) is 44.8 Å². The molecule has 152 valence electrons. The molecule has 29 heavy (non-hydrogen) atoms. The number of carbonyl (C=O) groups excluding carboxylic acids is 1. The Kier molecular flexibility index (Phi) is 6.13. The number of ether oxygens (including phenoxy) is 1. The van der Waals surface area contributed by atoms with Gasteiger partial charge >= 0.3 is 0 Å². The van der Waals surface area contributed by atoms with Gasteiger partial charge in [-0.1, -0.05) is 60.5 Å². The van der Waals surface area contributed by atoms with Crippen molar-refractivity contribution in [1.82, 2.24) is 4.90 Å². The summed E-state index contributed by atoms with van der Waals surface area (Å²) >= 11 is 0. The number of nitrogens with zero attached hydrogens (tertiary/aromatic N) is 2. The van der Waals surface area contributed by atoms with Gasteiger partial charge in [-0.15, -0.1) is 0 Å². The molecule has 5 nitrogen and oxygen atoms in total. The number of rotatable bonds is 7. The van der Waals surface area contributed by atoms with Crippen LogP contribution in [-0.4, -0.2) is 36.3 Å². The van der Waals surface area contributed by atoms with Gasteiger partial charge in [-0.05, 0) is 36.1 Å². The van der Waals surface area contributed by atoms with Crippen LogP contribution in [0.2, 0.25) is 0 Å². The molecular formula is C24H28N2O3. The van der Waals surface area contributed by atoms with Crippen LogP contribution in [0.1, 0.15) is 43.2 Å². The quantitative estimate of drug-likeness (QED) is 0.701. The molecule has 0 unspecified atom stereocenters. The molecule has 0 bridgehead atoms. The van der Waals surface area contributed by atoms with Gasteiger partial charge in [0.15, 0.2) is 6.10 Å². The van der Waals surface area contributed by atoms with Crippen LogP contribution in [0, 0.1) is 5.92 Å². The summed E-state index contributed by atoms with van der Waals surface area (Å²) in [7, 11) is 1.66. The van der Waals surface area contributed by atoms with Crippen LogP contribution in [0.4, 0.5) is 0 Å². The topological polar surface area (TPSA) is 51.1 Å². The number of hydrogen-bond acceptors (Lipinski definition) is 4. The fourth-order valence-corrected chi connectivity index (χ4v) is 4.23. The van der Waals surface area contributed by atoms with Gasteiger partial charge in [0.05, 0.1) is 19.4 Å². The highest BCUT2D eigenvalue weighted by Crippen LogP contribution is 2.28. The Morgan fingerprint density at radius 1 is 1.14 bits per heavy atom. The summed E-state index contributed by atoms with van der Waals surface area (Å²) in [6.07, 6.45) is 4.88. The Labute approximate surface area is 172 Å². The Bertz CT molecular complexity index is 859. The monoisotopic (exact) mass is 392 g/mol. The zero-order valence-electron chi connectivity index (χ0n) is 16.9. The van der Waals surface area contributed by atoms with E-state index in [4.69, 9.17) is 9.57 Å². The van der Waals surface area contributed by atoms with Crippen LogP contribution < -0.4 is 4.74 Å². The zero-order chi connectivity index (χ0) is 20.1. The van der Waals surface area contributed by atoms with Crippen LogP contribution in [0.25, 0.3) is 0 Å². The maximum atomic E-state index is 13.2. The summed E-state index contributed by atoms with van der Waals surface area (Å²) in [6.45, 7) is 1.11. The number of amides is 1. The van der Waals surface area contributed by atoms with E-state index in [1.165, 1.54) is 0 Å². The van der Waals surface area contributed by atoms with Crippen LogP contribution in [0.3, 0.4) is 0 Å². The molecule has 1 amide bonds. The van der Waals surface area contributed by atoms with Crippen molar-refractivity contribution in [2.24, 2.45) is 11.1 Å². The second-order valence-corrected chi connectivity index (χ2v) is 7.89. The van der Waals surface area contributed by atoms with E-state index < -0.39 is 0 Å². The number of benzene rings is 2. The molecule has 5 heteroatoms. The van der Waals surface area contributed by atoms with Gasteiger partial charge in [0.1, 0.15) is 5.75 Å². The smallest absolute Gasteiger partial charge is 0.226 e. The summed E-state index contributed by atoms with van der Waals surface area (Å²) in [5.74, 6) is 1.18. The molecule has 0 N–H and O–H groups in total. The minimum Gasteiger partial charge on any atom is -0.497 e. The van der Waals surface area contributed by atoms with Crippen molar-refractivity contribution >= 4 is 11.6 Å². The maximum absolute atomic E-state index is 13.2. The number of hydrogen-bond donors (Lipinski definition) is 0. The summed E-state index contributed by atoms with van der Waals surface area (Å²) in [5, 5.41) is 4.29. The lowest BCUT2D eigenvalue weighted by molar-refractivity contribution is -0.137. The molecular weight excluding hydrogens is 364 g/mol. The highest BCUT2D eigenvalue weighted by molar-refractivity contribution is 6.01. The minimum absolute atomic E-state index is 0.110. The Morgan fingerprint density at radius 2 is 1.93 bits per heavy atom. The lowest BCUT2D eigenvalue weighted by Gasteiger charge is -2.27. The molecule has 1 saturated carbocycles. The SMILES string of the molecule is COc1cccc(CN(C[C@@H]2CC(c3ccccc3)=NO2)C(=O)C2CCCC2)c1. The first-order valence-corrected chi connectivity index (χ1v) is 10.4. The van der Waals surface area contributed by atoms with Crippen LogP contribution in [-0.2, 0) is 16.2 Å². The lowest BCUT2D eigenvalue weighted by atomic mass is 10.0. The van der Waals surface area contributed by atoms with E-state index in [1.807, 2.05) is 59.5 Å². The first-order chi connectivity index (χ1) is 14.2. The molecule has 2 aromatic carbocycles. The van der Waals surface area contributed by atoms with Crippen molar-refractivity contribution in [3.8, 4) is 5.75 Å². The third-order valence-electron chi connectivity index (χ3n) is 5.79. The van der Waals surface area contributed by atoms with E-state index in [-0.39, 0.29) is 17.9 Å². The minimum atomic E-state index is -0.110. The summed E-state index contributed by atoms with van der Waals surface area (Å²) in [5.41, 5.74) is 3.10. The third kappa shape index (κ3) is 4.78. The van der Waals surface area contributed by atoms with Crippen molar-refractivity contribution in [2.75, 3.05) is 13.7 Å². The van der Waals surface area contributed by atoms with Gasteiger partial charge in [-0.25, -0.2) is 0 Å². The van der Waals surface area contributed by atoms with Gasteiger partial charge in [-0.3, -0.25) is 4.79 Å². The standard InChI is InChI=1S/C24H28N2O3/c1-28-21-13-7-8-18(14-21)16-26(24(27)20-11-5-6-12-20)17-22-15-23(25-29-22)19-9-3-2-4-10-19/h2-4,7-10,13-14,20,22H,5-6,11-12,15-17H2,1H3/t22-/m0/s1. The van der Waals surface area contributed by atoms with Gasteiger partial charge in [0.25, 0.3) is 0 Å². The van der Waals surface area contributed by atoms with E-state index in [2.05, 4.69) is 5.16 Å². The first-order valence-electron chi connectivity index (χ1n) is 10.4. The Hall–Kier alpha value is -2.82. The van der Waals surface area contributed by atoms with Crippen LogP contribution >= 0.6 is 0 Å². The second-order valence-electron chi connectivity index (χ2n) is 7.89.